The number of likely N-dealkylation sites (tertiary alicyclic amines) is 1. The summed E-state index contributed by atoms with van der Waals surface area (Å²) in [6.45, 7) is 7.37. The lowest BCUT2D eigenvalue weighted by Crippen LogP contribution is -2.44. The highest BCUT2D eigenvalue weighted by molar-refractivity contribution is 5.82. The second-order valence-corrected chi connectivity index (χ2v) is 7.77. The summed E-state index contributed by atoms with van der Waals surface area (Å²) < 4.78 is 0. The molecular formula is C20H29N5O2. The smallest absolute Gasteiger partial charge is 0.317 e. The third-order valence-corrected chi connectivity index (χ3v) is 5.93. The van der Waals surface area contributed by atoms with Gasteiger partial charge in [0.25, 0.3) is 0 Å². The summed E-state index contributed by atoms with van der Waals surface area (Å²) in [6, 6.07) is 6.67. The SMILES string of the molecule is O=C(O)CN1CCC(c2[nH]nc3cc(CCN4CCNCC4)ccc23)CC1. The van der Waals surface area contributed by atoms with Crippen LogP contribution >= 0.6 is 0 Å². The summed E-state index contributed by atoms with van der Waals surface area (Å²) in [5.41, 5.74) is 3.61. The predicted octanol–water partition coefficient (Wildman–Crippen LogP) is 1.27. The number of carboxylic acids is 1. The van der Waals surface area contributed by atoms with Gasteiger partial charge in [0.05, 0.1) is 12.1 Å². The van der Waals surface area contributed by atoms with Crippen molar-refractivity contribution in [3.8, 4) is 0 Å². The molecule has 0 atom stereocenters. The van der Waals surface area contributed by atoms with Crippen molar-refractivity contribution in [2.45, 2.75) is 25.2 Å². The van der Waals surface area contributed by atoms with Gasteiger partial charge in [-0.1, -0.05) is 12.1 Å². The maximum Gasteiger partial charge on any atom is 0.317 e. The van der Waals surface area contributed by atoms with E-state index in [1.165, 1.54) is 16.6 Å². The number of aliphatic carboxylic acids is 1. The number of piperazine rings is 1. The van der Waals surface area contributed by atoms with Crippen LogP contribution in [0.5, 0.6) is 0 Å². The Morgan fingerprint density at radius 2 is 1.93 bits per heavy atom. The molecule has 1 aromatic carbocycles. The quantitative estimate of drug-likeness (QED) is 0.709. The van der Waals surface area contributed by atoms with Crippen LogP contribution in [0.4, 0.5) is 0 Å². The highest BCUT2D eigenvalue weighted by Crippen LogP contribution is 2.31. The van der Waals surface area contributed by atoms with Crippen molar-refractivity contribution >= 4 is 16.9 Å². The van der Waals surface area contributed by atoms with Crippen LogP contribution in [-0.4, -0.2) is 83.4 Å². The highest BCUT2D eigenvalue weighted by Gasteiger charge is 2.24. The normalized spacial score (nSPS) is 20.3. The number of piperidine rings is 1. The average molecular weight is 371 g/mol. The van der Waals surface area contributed by atoms with E-state index < -0.39 is 5.97 Å². The zero-order chi connectivity index (χ0) is 18.6. The number of nitrogens with zero attached hydrogens (tertiary/aromatic N) is 3. The van der Waals surface area contributed by atoms with Gasteiger partial charge in [0.2, 0.25) is 0 Å². The number of H-pyrrole nitrogens is 1. The molecule has 0 radical (unpaired) electrons. The van der Waals surface area contributed by atoms with Gasteiger partial charge in [-0.15, -0.1) is 0 Å². The first-order valence-electron chi connectivity index (χ1n) is 10.0. The first kappa shape index (κ1) is 18.4. The number of aromatic nitrogens is 2. The monoisotopic (exact) mass is 371 g/mol. The molecule has 2 aliphatic rings. The van der Waals surface area contributed by atoms with Gasteiger partial charge < -0.3 is 15.3 Å². The number of rotatable bonds is 6. The minimum Gasteiger partial charge on any atom is -0.480 e. The van der Waals surface area contributed by atoms with Crippen LogP contribution in [0.25, 0.3) is 10.9 Å². The van der Waals surface area contributed by atoms with Gasteiger partial charge in [0, 0.05) is 49.7 Å². The Balaban J connectivity index is 1.38. The Kier molecular flexibility index (Phi) is 5.71. The molecular weight excluding hydrogens is 342 g/mol. The molecule has 2 fully saturated rings. The molecule has 0 unspecified atom stereocenters. The Hall–Kier alpha value is -1.96. The first-order valence-corrected chi connectivity index (χ1v) is 10.0. The molecule has 7 heteroatoms. The van der Waals surface area contributed by atoms with Crippen molar-refractivity contribution in [1.29, 1.82) is 0 Å². The number of hydrogen-bond acceptors (Lipinski definition) is 5. The molecule has 0 aliphatic carbocycles. The van der Waals surface area contributed by atoms with E-state index >= 15 is 0 Å². The zero-order valence-electron chi connectivity index (χ0n) is 15.8. The van der Waals surface area contributed by atoms with Crippen LogP contribution in [0, 0.1) is 0 Å². The Bertz CT molecular complexity index is 776. The second kappa shape index (κ2) is 8.37. The second-order valence-electron chi connectivity index (χ2n) is 7.77. The summed E-state index contributed by atoms with van der Waals surface area (Å²) in [5, 5.41) is 21.4. The van der Waals surface area contributed by atoms with E-state index in [1.807, 2.05) is 4.90 Å². The summed E-state index contributed by atoms with van der Waals surface area (Å²) in [5.74, 6) is -0.305. The van der Waals surface area contributed by atoms with Gasteiger partial charge in [-0.3, -0.25) is 14.8 Å². The van der Waals surface area contributed by atoms with E-state index in [2.05, 4.69) is 38.6 Å². The maximum atomic E-state index is 10.9. The minimum atomic E-state index is -0.742. The van der Waals surface area contributed by atoms with Crippen LogP contribution in [0.2, 0.25) is 0 Å². The highest BCUT2D eigenvalue weighted by atomic mass is 16.4. The first-order chi connectivity index (χ1) is 13.2. The summed E-state index contributed by atoms with van der Waals surface area (Å²) in [4.78, 5) is 15.4. The number of benzene rings is 1. The molecule has 146 valence electrons. The van der Waals surface area contributed by atoms with Gasteiger partial charge in [0.1, 0.15) is 0 Å². The lowest BCUT2D eigenvalue weighted by Gasteiger charge is -2.30. The molecule has 27 heavy (non-hydrogen) atoms. The lowest BCUT2D eigenvalue weighted by molar-refractivity contribution is -0.138. The van der Waals surface area contributed by atoms with Crippen LogP contribution in [0.3, 0.4) is 0 Å². The third-order valence-electron chi connectivity index (χ3n) is 5.93. The molecule has 4 rings (SSSR count). The fourth-order valence-corrected chi connectivity index (χ4v) is 4.34. The van der Waals surface area contributed by atoms with Crippen molar-refractivity contribution < 1.29 is 9.90 Å². The number of carbonyl (C=O) groups is 1. The van der Waals surface area contributed by atoms with Crippen molar-refractivity contribution in [1.82, 2.24) is 25.3 Å². The molecule has 2 aromatic rings. The molecule has 0 amide bonds. The van der Waals surface area contributed by atoms with E-state index in [-0.39, 0.29) is 6.54 Å². The van der Waals surface area contributed by atoms with Crippen molar-refractivity contribution in [3.63, 3.8) is 0 Å². The molecule has 7 nitrogen and oxygen atoms in total. The van der Waals surface area contributed by atoms with Crippen LogP contribution in [0.15, 0.2) is 18.2 Å². The number of hydrogen-bond donors (Lipinski definition) is 3. The van der Waals surface area contributed by atoms with Crippen molar-refractivity contribution in [2.75, 3.05) is 52.4 Å². The predicted molar refractivity (Wildman–Crippen MR) is 105 cm³/mol. The molecule has 2 aliphatic heterocycles. The maximum absolute atomic E-state index is 10.9. The Labute approximate surface area is 159 Å². The fraction of sp³-hybridized carbons (Fsp3) is 0.600. The van der Waals surface area contributed by atoms with E-state index in [0.717, 1.165) is 70.6 Å². The van der Waals surface area contributed by atoms with Crippen molar-refractivity contribution in [2.24, 2.45) is 0 Å². The van der Waals surface area contributed by atoms with Crippen LogP contribution < -0.4 is 5.32 Å². The average Bonchev–Trinajstić information content (AvgIpc) is 3.10. The Morgan fingerprint density at radius 1 is 1.15 bits per heavy atom. The third kappa shape index (κ3) is 4.48. The molecule has 0 saturated carbocycles. The van der Waals surface area contributed by atoms with Gasteiger partial charge in [-0.25, -0.2) is 0 Å². The molecule has 0 bridgehead atoms. The van der Waals surface area contributed by atoms with Gasteiger partial charge in [-0.2, -0.15) is 5.10 Å². The molecule has 3 N–H and O–H groups in total. The number of nitrogens with one attached hydrogen (secondary N) is 2. The van der Waals surface area contributed by atoms with E-state index in [4.69, 9.17) is 5.11 Å². The summed E-state index contributed by atoms with van der Waals surface area (Å²) >= 11 is 0. The van der Waals surface area contributed by atoms with Gasteiger partial charge in [0.15, 0.2) is 0 Å². The largest absolute Gasteiger partial charge is 0.480 e. The van der Waals surface area contributed by atoms with Gasteiger partial charge >= 0.3 is 5.97 Å². The number of carboxylic acid groups (broad SMARTS) is 1. The number of fused-ring (bicyclic) bond motifs is 1. The number of aromatic amines is 1. The standard InChI is InChI=1S/C20H29N5O2/c26-19(27)14-25-9-4-16(5-10-25)20-17-2-1-15(13-18(17)22-23-20)3-8-24-11-6-21-7-12-24/h1-2,13,16,21H,3-12,14H2,(H,22,23)(H,26,27). The van der Waals surface area contributed by atoms with E-state index in [1.54, 1.807) is 0 Å². The van der Waals surface area contributed by atoms with Crippen molar-refractivity contribution in [3.05, 3.63) is 29.5 Å². The molecule has 1 aromatic heterocycles. The van der Waals surface area contributed by atoms with Crippen LogP contribution in [0.1, 0.15) is 30.0 Å². The van der Waals surface area contributed by atoms with E-state index in [9.17, 15) is 4.79 Å². The zero-order valence-corrected chi connectivity index (χ0v) is 15.8. The van der Waals surface area contributed by atoms with E-state index in [0.29, 0.717) is 5.92 Å². The molecule has 3 heterocycles. The summed E-state index contributed by atoms with van der Waals surface area (Å²) in [6.07, 6.45) is 3.02. The van der Waals surface area contributed by atoms with Crippen LogP contribution in [-0.2, 0) is 11.2 Å². The summed E-state index contributed by atoms with van der Waals surface area (Å²) in [7, 11) is 0. The van der Waals surface area contributed by atoms with Gasteiger partial charge in [-0.05, 0) is 44.0 Å². The lowest BCUT2D eigenvalue weighted by atomic mass is 9.91. The fourth-order valence-electron chi connectivity index (χ4n) is 4.34. The Morgan fingerprint density at radius 3 is 2.67 bits per heavy atom. The molecule has 0 spiro atoms. The molecule has 2 saturated heterocycles. The minimum absolute atomic E-state index is 0.146. The topological polar surface area (TPSA) is 84.5 Å².